The summed E-state index contributed by atoms with van der Waals surface area (Å²) in [6, 6.07) is 17.6. The predicted octanol–water partition coefficient (Wildman–Crippen LogP) is 3.36. The van der Waals surface area contributed by atoms with Gasteiger partial charge in [0, 0.05) is 42.8 Å². The predicted molar refractivity (Wildman–Crippen MR) is 135 cm³/mol. The number of likely N-dealkylation sites (N-methyl/N-ethyl adjacent to an activating group) is 1. The summed E-state index contributed by atoms with van der Waals surface area (Å²) in [7, 11) is -1.57. The molecule has 8 heteroatoms. The average molecular weight is 491 g/mol. The number of piperidine rings is 1. The van der Waals surface area contributed by atoms with E-state index in [-0.39, 0.29) is 11.4 Å². The Labute approximate surface area is 206 Å². The van der Waals surface area contributed by atoms with Gasteiger partial charge in [-0.25, -0.2) is 8.42 Å². The van der Waals surface area contributed by atoms with E-state index in [2.05, 4.69) is 9.88 Å². The van der Waals surface area contributed by atoms with Crippen molar-refractivity contribution in [3.63, 3.8) is 0 Å². The van der Waals surface area contributed by atoms with E-state index in [4.69, 9.17) is 0 Å². The molecule has 0 atom stereocenters. The monoisotopic (exact) mass is 490 g/mol. The molecule has 1 saturated carbocycles. The molecule has 6 rings (SSSR count). The van der Waals surface area contributed by atoms with Crippen molar-refractivity contribution >= 4 is 26.8 Å². The highest BCUT2D eigenvalue weighted by atomic mass is 32.2. The van der Waals surface area contributed by atoms with Gasteiger partial charge in [0.2, 0.25) is 15.9 Å². The Morgan fingerprint density at radius 1 is 0.971 bits per heavy atom. The Kier molecular flexibility index (Phi) is 5.43. The number of nitrogens with zero attached hydrogens (tertiary/aromatic N) is 4. The minimum absolute atomic E-state index is 0.128. The SMILES string of the molecule is CN1CC(=O)N(C2CC2)CC12CCN(S(=O)(=O)c1ccc(-c3ccc4cccnc4c3)cc1)CC2. The van der Waals surface area contributed by atoms with Crippen molar-refractivity contribution in [1.29, 1.82) is 0 Å². The Hall–Kier alpha value is -2.81. The van der Waals surface area contributed by atoms with Crippen molar-refractivity contribution in [1.82, 2.24) is 19.1 Å². The Morgan fingerprint density at radius 2 is 1.69 bits per heavy atom. The van der Waals surface area contributed by atoms with E-state index >= 15 is 0 Å². The lowest BCUT2D eigenvalue weighted by Gasteiger charge is -2.52. The molecule has 3 heterocycles. The van der Waals surface area contributed by atoms with Crippen LogP contribution >= 0.6 is 0 Å². The fraction of sp³-hybridized carbons (Fsp3) is 0.407. The number of pyridine rings is 1. The highest BCUT2D eigenvalue weighted by molar-refractivity contribution is 7.89. The van der Waals surface area contributed by atoms with Crippen LogP contribution in [0.1, 0.15) is 25.7 Å². The third kappa shape index (κ3) is 4.03. The van der Waals surface area contributed by atoms with E-state index in [0.717, 1.165) is 54.3 Å². The van der Waals surface area contributed by atoms with Crippen molar-refractivity contribution in [2.24, 2.45) is 0 Å². The quantitative estimate of drug-likeness (QED) is 0.561. The van der Waals surface area contributed by atoms with Crippen LogP contribution in [0.15, 0.2) is 65.7 Å². The summed E-state index contributed by atoms with van der Waals surface area (Å²) in [6.07, 6.45) is 5.44. The maximum atomic E-state index is 13.4. The first-order valence-electron chi connectivity index (χ1n) is 12.3. The molecule has 0 N–H and O–H groups in total. The number of benzene rings is 2. The van der Waals surface area contributed by atoms with Gasteiger partial charge in [-0.15, -0.1) is 0 Å². The number of carbonyl (C=O) groups excluding carboxylic acids is 1. The maximum Gasteiger partial charge on any atom is 0.243 e. The van der Waals surface area contributed by atoms with Crippen LogP contribution in [0.3, 0.4) is 0 Å². The lowest BCUT2D eigenvalue weighted by Crippen LogP contribution is -2.66. The van der Waals surface area contributed by atoms with Crippen LogP contribution in [0.5, 0.6) is 0 Å². The van der Waals surface area contributed by atoms with Crippen LogP contribution in [-0.2, 0) is 14.8 Å². The number of piperazine rings is 1. The fourth-order valence-electron chi connectivity index (χ4n) is 5.60. The molecule has 7 nitrogen and oxygen atoms in total. The summed E-state index contributed by atoms with van der Waals surface area (Å²) in [5.41, 5.74) is 2.76. The largest absolute Gasteiger partial charge is 0.337 e. The van der Waals surface area contributed by atoms with Gasteiger partial charge in [0.05, 0.1) is 17.0 Å². The molecule has 1 aromatic heterocycles. The van der Waals surface area contributed by atoms with E-state index < -0.39 is 10.0 Å². The molecule has 3 fully saturated rings. The van der Waals surface area contributed by atoms with Gasteiger partial charge in [0.25, 0.3) is 0 Å². The molecule has 182 valence electrons. The van der Waals surface area contributed by atoms with Crippen molar-refractivity contribution in [2.75, 3.05) is 33.2 Å². The van der Waals surface area contributed by atoms with E-state index in [9.17, 15) is 13.2 Å². The molecule has 1 spiro atoms. The molecule has 2 aromatic carbocycles. The molecule has 3 aromatic rings. The Bertz CT molecular complexity index is 1380. The highest BCUT2D eigenvalue weighted by Crippen LogP contribution is 2.38. The molecule has 2 saturated heterocycles. The minimum Gasteiger partial charge on any atom is -0.337 e. The number of rotatable bonds is 4. The summed E-state index contributed by atoms with van der Waals surface area (Å²) in [5.74, 6) is 0.206. The second-order valence-corrected chi connectivity index (χ2v) is 12.1. The van der Waals surface area contributed by atoms with Gasteiger partial charge >= 0.3 is 0 Å². The zero-order valence-corrected chi connectivity index (χ0v) is 20.7. The van der Waals surface area contributed by atoms with E-state index in [1.54, 1.807) is 22.6 Å². The van der Waals surface area contributed by atoms with Gasteiger partial charge in [-0.2, -0.15) is 4.31 Å². The smallest absolute Gasteiger partial charge is 0.243 e. The number of hydrogen-bond acceptors (Lipinski definition) is 5. The van der Waals surface area contributed by atoms with Crippen LogP contribution in [0.4, 0.5) is 0 Å². The fourth-order valence-corrected chi connectivity index (χ4v) is 7.04. The Balaban J connectivity index is 1.18. The number of hydrogen-bond donors (Lipinski definition) is 0. The molecule has 35 heavy (non-hydrogen) atoms. The third-order valence-corrected chi connectivity index (χ3v) is 9.95. The van der Waals surface area contributed by atoms with Crippen molar-refractivity contribution < 1.29 is 13.2 Å². The number of sulfonamides is 1. The molecular weight excluding hydrogens is 460 g/mol. The highest BCUT2D eigenvalue weighted by Gasteiger charge is 2.49. The zero-order chi connectivity index (χ0) is 24.2. The number of carbonyl (C=O) groups is 1. The molecule has 1 amide bonds. The van der Waals surface area contributed by atoms with Gasteiger partial charge in [-0.1, -0.05) is 30.3 Å². The van der Waals surface area contributed by atoms with Gasteiger partial charge in [-0.3, -0.25) is 14.7 Å². The topological polar surface area (TPSA) is 73.8 Å². The normalized spacial score (nSPS) is 21.6. The first-order valence-corrected chi connectivity index (χ1v) is 13.8. The standard InChI is InChI=1S/C27H30N4O3S/c1-29-18-26(32)31(23-8-9-23)19-27(29)12-15-30(16-13-27)35(33,34)24-10-6-20(7-11-24)22-5-4-21-3-2-14-28-25(21)17-22/h2-7,10-11,14,17,23H,8-9,12-13,15-16,18-19H2,1H3. The van der Waals surface area contributed by atoms with Crippen LogP contribution in [0.2, 0.25) is 0 Å². The molecule has 0 radical (unpaired) electrons. The van der Waals surface area contributed by atoms with Crippen LogP contribution in [0, 0.1) is 0 Å². The first-order chi connectivity index (χ1) is 16.9. The third-order valence-electron chi connectivity index (χ3n) is 8.04. The van der Waals surface area contributed by atoms with Crippen LogP contribution in [0.25, 0.3) is 22.0 Å². The van der Waals surface area contributed by atoms with Crippen molar-refractivity contribution in [3.8, 4) is 11.1 Å². The van der Waals surface area contributed by atoms with Gasteiger partial charge in [0.1, 0.15) is 0 Å². The summed E-state index contributed by atoms with van der Waals surface area (Å²) in [6.45, 7) is 2.08. The second-order valence-electron chi connectivity index (χ2n) is 10.2. The lowest BCUT2D eigenvalue weighted by molar-refractivity contribution is -0.144. The lowest BCUT2D eigenvalue weighted by atomic mass is 9.84. The van der Waals surface area contributed by atoms with E-state index in [1.807, 2.05) is 54.4 Å². The minimum atomic E-state index is -3.57. The summed E-state index contributed by atoms with van der Waals surface area (Å²) in [4.78, 5) is 21.4. The van der Waals surface area contributed by atoms with E-state index in [0.29, 0.717) is 30.6 Å². The number of amides is 1. The van der Waals surface area contributed by atoms with Gasteiger partial charge in [-0.05, 0) is 68.1 Å². The van der Waals surface area contributed by atoms with Gasteiger partial charge < -0.3 is 4.90 Å². The second kappa shape index (κ2) is 8.40. The molecule has 3 aliphatic rings. The molecule has 2 aliphatic heterocycles. The number of fused-ring (bicyclic) bond motifs is 1. The van der Waals surface area contributed by atoms with Crippen molar-refractivity contribution in [2.45, 2.75) is 42.2 Å². The molecular formula is C27H30N4O3S. The van der Waals surface area contributed by atoms with E-state index in [1.165, 1.54) is 0 Å². The summed E-state index contributed by atoms with van der Waals surface area (Å²) in [5, 5.41) is 1.08. The summed E-state index contributed by atoms with van der Waals surface area (Å²) < 4.78 is 28.5. The number of aromatic nitrogens is 1. The zero-order valence-electron chi connectivity index (χ0n) is 19.9. The molecule has 0 unspecified atom stereocenters. The molecule has 1 aliphatic carbocycles. The van der Waals surface area contributed by atoms with Crippen LogP contribution in [-0.4, -0.2) is 78.2 Å². The average Bonchev–Trinajstić information content (AvgIpc) is 3.72. The van der Waals surface area contributed by atoms with Crippen molar-refractivity contribution in [3.05, 3.63) is 60.8 Å². The first kappa shape index (κ1) is 22.6. The maximum absolute atomic E-state index is 13.4. The van der Waals surface area contributed by atoms with Gasteiger partial charge in [0.15, 0.2) is 0 Å². The molecule has 0 bridgehead atoms. The van der Waals surface area contributed by atoms with Crippen LogP contribution < -0.4 is 0 Å². The summed E-state index contributed by atoms with van der Waals surface area (Å²) >= 11 is 0. The Morgan fingerprint density at radius 3 is 2.40 bits per heavy atom.